The fourth-order valence-corrected chi connectivity index (χ4v) is 3.11. The average Bonchev–Trinajstić information content (AvgIpc) is 2.32. The molecular weight excluding hydrogens is 252 g/mol. The van der Waals surface area contributed by atoms with Gasteiger partial charge in [-0.15, -0.1) is 0 Å². The fraction of sp³-hybridized carbons (Fsp3) is 0.938. The van der Waals surface area contributed by atoms with Crippen molar-refractivity contribution >= 4 is 5.91 Å². The Bertz CT molecular complexity index is 344. The van der Waals surface area contributed by atoms with E-state index in [4.69, 9.17) is 4.74 Å². The van der Waals surface area contributed by atoms with Gasteiger partial charge in [0.2, 0.25) is 5.91 Å². The Morgan fingerprint density at radius 2 is 1.75 bits per heavy atom. The van der Waals surface area contributed by atoms with Crippen LogP contribution in [0.1, 0.15) is 47.5 Å². The first-order chi connectivity index (χ1) is 9.22. The molecule has 2 saturated heterocycles. The number of piperidine rings is 1. The van der Waals surface area contributed by atoms with Gasteiger partial charge in [-0.3, -0.25) is 9.69 Å². The summed E-state index contributed by atoms with van der Waals surface area (Å²) in [4.78, 5) is 16.6. The first kappa shape index (κ1) is 15.8. The number of nitrogens with zero attached hydrogens (tertiary/aromatic N) is 2. The largest absolute Gasteiger partial charge is 0.369 e. The fourth-order valence-electron chi connectivity index (χ4n) is 3.11. The third-order valence-electron chi connectivity index (χ3n) is 4.72. The molecule has 1 amide bonds. The number of ether oxygens (including phenoxy) is 1. The zero-order valence-corrected chi connectivity index (χ0v) is 13.7. The van der Waals surface area contributed by atoms with Crippen LogP contribution in [0, 0.1) is 5.41 Å². The van der Waals surface area contributed by atoms with Crippen LogP contribution < -0.4 is 0 Å². The van der Waals surface area contributed by atoms with Crippen LogP contribution in [0.3, 0.4) is 0 Å². The lowest BCUT2D eigenvalue weighted by atomic mass is 9.70. The van der Waals surface area contributed by atoms with E-state index in [2.05, 4.69) is 25.7 Å². The van der Waals surface area contributed by atoms with E-state index in [-0.39, 0.29) is 24.2 Å². The Hall–Kier alpha value is -0.610. The Labute approximate surface area is 123 Å². The zero-order chi connectivity index (χ0) is 15.0. The van der Waals surface area contributed by atoms with Gasteiger partial charge in [-0.2, -0.15) is 0 Å². The Balaban J connectivity index is 1.75. The molecular formula is C16H30N2O2. The molecule has 0 unspecified atom stereocenters. The first-order valence-electron chi connectivity index (χ1n) is 7.86. The summed E-state index contributed by atoms with van der Waals surface area (Å²) in [6.45, 7) is 15.2. The number of rotatable bonds is 3. The van der Waals surface area contributed by atoms with Crippen LogP contribution in [0.4, 0.5) is 0 Å². The highest BCUT2D eigenvalue weighted by molar-refractivity contribution is 5.77. The van der Waals surface area contributed by atoms with Crippen molar-refractivity contribution in [3.05, 3.63) is 0 Å². The van der Waals surface area contributed by atoms with Crippen LogP contribution in [0.25, 0.3) is 0 Å². The van der Waals surface area contributed by atoms with Gasteiger partial charge in [0.15, 0.2) is 0 Å². The molecule has 0 aliphatic carbocycles. The molecule has 2 aliphatic heterocycles. The van der Waals surface area contributed by atoms with Crippen molar-refractivity contribution in [1.29, 1.82) is 0 Å². The van der Waals surface area contributed by atoms with Crippen molar-refractivity contribution < 1.29 is 9.53 Å². The van der Waals surface area contributed by atoms with Gasteiger partial charge < -0.3 is 9.64 Å². The summed E-state index contributed by atoms with van der Waals surface area (Å²) in [7, 11) is 0. The van der Waals surface area contributed by atoms with Crippen molar-refractivity contribution in [2.75, 3.05) is 32.8 Å². The molecule has 0 aromatic rings. The molecule has 2 rings (SSSR count). The van der Waals surface area contributed by atoms with E-state index in [1.807, 2.05) is 18.7 Å². The maximum absolute atomic E-state index is 12.0. The smallest absolute Gasteiger partial charge is 0.248 e. The van der Waals surface area contributed by atoms with Crippen LogP contribution >= 0.6 is 0 Å². The van der Waals surface area contributed by atoms with E-state index in [9.17, 15) is 4.79 Å². The minimum atomic E-state index is 0.127. The molecule has 0 bridgehead atoms. The van der Waals surface area contributed by atoms with Gasteiger partial charge in [0.25, 0.3) is 0 Å². The van der Waals surface area contributed by atoms with Gasteiger partial charge in [-0.1, -0.05) is 0 Å². The van der Waals surface area contributed by atoms with Crippen LogP contribution in [0.5, 0.6) is 0 Å². The summed E-state index contributed by atoms with van der Waals surface area (Å²) in [5.74, 6) is 0.153. The van der Waals surface area contributed by atoms with Crippen molar-refractivity contribution in [3.63, 3.8) is 0 Å². The summed E-state index contributed by atoms with van der Waals surface area (Å²) in [5.41, 5.74) is 0.756. The standard InChI is InChI=1S/C16H30N2O2/c1-13(2)20-10-14(19)17-8-6-16(7-9-17)11-18(12-16)15(3,4)5/h13H,6-12H2,1-5H3. The zero-order valence-electron chi connectivity index (χ0n) is 13.7. The number of hydrogen-bond acceptors (Lipinski definition) is 3. The molecule has 0 saturated carbocycles. The molecule has 0 atom stereocenters. The highest BCUT2D eigenvalue weighted by Gasteiger charge is 2.48. The summed E-state index contributed by atoms with van der Waals surface area (Å²) < 4.78 is 5.41. The molecule has 2 fully saturated rings. The van der Waals surface area contributed by atoms with Gasteiger partial charge in [0.1, 0.15) is 6.61 Å². The molecule has 4 heteroatoms. The first-order valence-corrected chi connectivity index (χ1v) is 7.86. The van der Waals surface area contributed by atoms with Crippen molar-refractivity contribution in [2.45, 2.75) is 59.1 Å². The van der Waals surface area contributed by atoms with Gasteiger partial charge in [0.05, 0.1) is 6.10 Å². The molecule has 2 heterocycles. The maximum atomic E-state index is 12.0. The summed E-state index contributed by atoms with van der Waals surface area (Å²) in [5, 5.41) is 0. The van der Waals surface area contributed by atoms with E-state index < -0.39 is 0 Å². The molecule has 1 spiro atoms. The van der Waals surface area contributed by atoms with Crippen LogP contribution in [-0.4, -0.2) is 60.1 Å². The monoisotopic (exact) mass is 282 g/mol. The van der Waals surface area contributed by atoms with Crippen molar-refractivity contribution in [2.24, 2.45) is 5.41 Å². The number of likely N-dealkylation sites (tertiary alicyclic amines) is 2. The van der Waals surface area contributed by atoms with Gasteiger partial charge in [0, 0.05) is 31.7 Å². The van der Waals surface area contributed by atoms with Crippen molar-refractivity contribution in [1.82, 2.24) is 9.80 Å². The molecule has 2 aliphatic rings. The van der Waals surface area contributed by atoms with E-state index in [1.54, 1.807) is 0 Å². The number of carbonyl (C=O) groups excluding carboxylic acids is 1. The number of hydrogen-bond donors (Lipinski definition) is 0. The summed E-state index contributed by atoms with van der Waals surface area (Å²) >= 11 is 0. The van der Waals surface area contributed by atoms with Gasteiger partial charge in [-0.25, -0.2) is 0 Å². The normalized spacial score (nSPS) is 23.2. The van der Waals surface area contributed by atoms with Crippen LogP contribution in [0.2, 0.25) is 0 Å². The van der Waals surface area contributed by atoms with E-state index >= 15 is 0 Å². The molecule has 20 heavy (non-hydrogen) atoms. The Morgan fingerprint density at radius 1 is 1.20 bits per heavy atom. The summed E-state index contributed by atoms with van der Waals surface area (Å²) in [6.07, 6.45) is 2.42. The quantitative estimate of drug-likeness (QED) is 0.795. The lowest BCUT2D eigenvalue weighted by Gasteiger charge is -2.58. The van der Waals surface area contributed by atoms with Crippen LogP contribution in [-0.2, 0) is 9.53 Å². The predicted molar refractivity (Wildman–Crippen MR) is 80.7 cm³/mol. The maximum Gasteiger partial charge on any atom is 0.248 e. The molecule has 0 aromatic carbocycles. The van der Waals surface area contributed by atoms with Crippen molar-refractivity contribution in [3.8, 4) is 0 Å². The molecule has 4 nitrogen and oxygen atoms in total. The van der Waals surface area contributed by atoms with Gasteiger partial charge >= 0.3 is 0 Å². The Morgan fingerprint density at radius 3 is 2.20 bits per heavy atom. The minimum absolute atomic E-state index is 0.127. The SMILES string of the molecule is CC(C)OCC(=O)N1CCC2(CC1)CN(C(C)(C)C)C2. The lowest BCUT2D eigenvalue weighted by molar-refractivity contribution is -0.144. The van der Waals surface area contributed by atoms with Gasteiger partial charge in [-0.05, 0) is 52.9 Å². The number of carbonyl (C=O) groups is 1. The average molecular weight is 282 g/mol. The topological polar surface area (TPSA) is 32.8 Å². The molecule has 0 radical (unpaired) electrons. The van der Waals surface area contributed by atoms with Crippen LogP contribution in [0.15, 0.2) is 0 Å². The van der Waals surface area contributed by atoms with E-state index in [0.717, 1.165) is 25.9 Å². The summed E-state index contributed by atoms with van der Waals surface area (Å²) in [6, 6.07) is 0. The predicted octanol–water partition coefficient (Wildman–Crippen LogP) is 2.13. The number of amides is 1. The third kappa shape index (κ3) is 3.53. The van der Waals surface area contributed by atoms with E-state index in [1.165, 1.54) is 13.1 Å². The molecule has 0 aromatic heterocycles. The second kappa shape index (κ2) is 5.64. The minimum Gasteiger partial charge on any atom is -0.369 e. The molecule has 116 valence electrons. The third-order valence-corrected chi connectivity index (χ3v) is 4.72. The Kier molecular flexibility index (Phi) is 4.45. The lowest BCUT2D eigenvalue weighted by Crippen LogP contribution is -2.65. The highest BCUT2D eigenvalue weighted by Crippen LogP contribution is 2.43. The van der Waals surface area contributed by atoms with E-state index in [0.29, 0.717) is 5.41 Å². The second-order valence-electron chi connectivity index (χ2n) is 7.77. The second-order valence-corrected chi connectivity index (χ2v) is 7.77. The highest BCUT2D eigenvalue weighted by atomic mass is 16.5. The molecule has 0 N–H and O–H groups in total.